The molecule has 2 heteroatoms. The van der Waals surface area contributed by atoms with Gasteiger partial charge in [-0.05, 0) is 38.0 Å². The number of hydrogen-bond donors (Lipinski definition) is 0. The van der Waals surface area contributed by atoms with Gasteiger partial charge in [0.25, 0.3) is 0 Å². The van der Waals surface area contributed by atoms with E-state index in [2.05, 4.69) is 0 Å². The molecule has 20 heavy (non-hydrogen) atoms. The highest BCUT2D eigenvalue weighted by molar-refractivity contribution is 6.13. The SMILES string of the molecule is Cc1ccc(C(=O)CC(=O)c2ccc(C)c(C)c2)cc1. The van der Waals surface area contributed by atoms with Crippen LogP contribution in [0.25, 0.3) is 0 Å². The number of carbonyl (C=O) groups excluding carboxylic acids is 2. The Morgan fingerprint density at radius 3 is 1.90 bits per heavy atom. The van der Waals surface area contributed by atoms with Gasteiger partial charge < -0.3 is 0 Å². The number of benzene rings is 2. The summed E-state index contributed by atoms with van der Waals surface area (Å²) in [6.07, 6.45) is -0.0778. The average molecular weight is 266 g/mol. The first-order chi connectivity index (χ1) is 9.47. The summed E-state index contributed by atoms with van der Waals surface area (Å²) in [4.78, 5) is 24.2. The molecule has 102 valence electrons. The first-order valence-electron chi connectivity index (χ1n) is 6.67. The summed E-state index contributed by atoms with van der Waals surface area (Å²) in [6.45, 7) is 5.93. The van der Waals surface area contributed by atoms with Crippen molar-refractivity contribution < 1.29 is 9.59 Å². The summed E-state index contributed by atoms with van der Waals surface area (Å²) in [5.41, 5.74) is 4.51. The number of ketones is 2. The molecule has 0 N–H and O–H groups in total. The van der Waals surface area contributed by atoms with E-state index in [1.807, 2.05) is 45.0 Å². The predicted molar refractivity (Wildman–Crippen MR) is 80.4 cm³/mol. The summed E-state index contributed by atoms with van der Waals surface area (Å²) in [7, 11) is 0. The van der Waals surface area contributed by atoms with Gasteiger partial charge in [-0.1, -0.05) is 42.0 Å². The molecule has 0 saturated carbocycles. The van der Waals surface area contributed by atoms with E-state index in [0.29, 0.717) is 11.1 Å². The normalized spacial score (nSPS) is 10.3. The van der Waals surface area contributed by atoms with Crippen LogP contribution in [0.2, 0.25) is 0 Å². The smallest absolute Gasteiger partial charge is 0.170 e. The Bertz CT molecular complexity index is 652. The Labute approximate surface area is 119 Å². The molecule has 2 nitrogen and oxygen atoms in total. The fraction of sp³-hybridized carbons (Fsp3) is 0.222. The molecule has 0 fully saturated rings. The fourth-order valence-corrected chi connectivity index (χ4v) is 2.00. The van der Waals surface area contributed by atoms with Crippen LogP contribution in [0.1, 0.15) is 43.8 Å². The van der Waals surface area contributed by atoms with Gasteiger partial charge in [0.15, 0.2) is 11.6 Å². The number of hydrogen-bond acceptors (Lipinski definition) is 2. The lowest BCUT2D eigenvalue weighted by Crippen LogP contribution is -2.09. The molecule has 2 aromatic rings. The van der Waals surface area contributed by atoms with Gasteiger partial charge in [0, 0.05) is 11.1 Å². The Morgan fingerprint density at radius 1 is 0.750 bits per heavy atom. The van der Waals surface area contributed by atoms with Gasteiger partial charge in [-0.3, -0.25) is 9.59 Å². The Kier molecular flexibility index (Phi) is 4.14. The fourth-order valence-electron chi connectivity index (χ4n) is 2.00. The van der Waals surface area contributed by atoms with E-state index in [1.165, 1.54) is 0 Å². The minimum absolute atomic E-state index is 0.0778. The monoisotopic (exact) mass is 266 g/mol. The van der Waals surface area contributed by atoms with Gasteiger partial charge in [-0.2, -0.15) is 0 Å². The van der Waals surface area contributed by atoms with Crippen LogP contribution in [0.15, 0.2) is 42.5 Å². The second kappa shape index (κ2) is 5.83. The number of aryl methyl sites for hydroxylation is 3. The van der Waals surface area contributed by atoms with E-state index in [4.69, 9.17) is 0 Å². The highest BCUT2D eigenvalue weighted by Crippen LogP contribution is 2.14. The van der Waals surface area contributed by atoms with Crippen LogP contribution in [0.5, 0.6) is 0 Å². The Balaban J connectivity index is 2.13. The van der Waals surface area contributed by atoms with Crippen LogP contribution in [0.3, 0.4) is 0 Å². The first kappa shape index (κ1) is 14.2. The zero-order chi connectivity index (χ0) is 14.7. The van der Waals surface area contributed by atoms with Crippen molar-refractivity contribution in [3.05, 3.63) is 70.3 Å². The summed E-state index contributed by atoms with van der Waals surface area (Å²) in [5.74, 6) is -0.257. The molecule has 0 unspecified atom stereocenters. The lowest BCUT2D eigenvalue weighted by atomic mass is 9.98. The van der Waals surface area contributed by atoms with Crippen molar-refractivity contribution in [3.8, 4) is 0 Å². The summed E-state index contributed by atoms with van der Waals surface area (Å²) >= 11 is 0. The van der Waals surface area contributed by atoms with Gasteiger partial charge in [-0.25, -0.2) is 0 Å². The summed E-state index contributed by atoms with van der Waals surface area (Å²) < 4.78 is 0. The predicted octanol–water partition coefficient (Wildman–Crippen LogP) is 4.07. The van der Waals surface area contributed by atoms with Gasteiger partial charge in [0.2, 0.25) is 0 Å². The third kappa shape index (κ3) is 3.21. The molecule has 0 radical (unpaired) electrons. The largest absolute Gasteiger partial charge is 0.294 e. The zero-order valence-electron chi connectivity index (χ0n) is 12.1. The molecule has 0 bridgehead atoms. The van der Waals surface area contributed by atoms with E-state index in [0.717, 1.165) is 16.7 Å². The van der Waals surface area contributed by atoms with Gasteiger partial charge >= 0.3 is 0 Å². The molecule has 0 atom stereocenters. The molecule has 0 aliphatic carbocycles. The Hall–Kier alpha value is -2.22. The highest BCUT2D eigenvalue weighted by Gasteiger charge is 2.14. The maximum Gasteiger partial charge on any atom is 0.170 e. The third-order valence-corrected chi connectivity index (χ3v) is 3.52. The van der Waals surface area contributed by atoms with Crippen molar-refractivity contribution in [1.29, 1.82) is 0 Å². The van der Waals surface area contributed by atoms with E-state index < -0.39 is 0 Å². The van der Waals surface area contributed by atoms with Crippen LogP contribution >= 0.6 is 0 Å². The van der Waals surface area contributed by atoms with Crippen molar-refractivity contribution in [3.63, 3.8) is 0 Å². The molecular formula is C18H18O2. The first-order valence-corrected chi connectivity index (χ1v) is 6.67. The molecule has 0 aromatic heterocycles. The highest BCUT2D eigenvalue weighted by atomic mass is 16.1. The topological polar surface area (TPSA) is 34.1 Å². The second-order valence-electron chi connectivity index (χ2n) is 5.19. The van der Waals surface area contributed by atoms with Crippen LogP contribution in [-0.4, -0.2) is 11.6 Å². The molecule has 0 spiro atoms. The molecule has 0 aliphatic rings. The van der Waals surface area contributed by atoms with E-state index in [-0.39, 0.29) is 18.0 Å². The van der Waals surface area contributed by atoms with Crippen LogP contribution < -0.4 is 0 Å². The van der Waals surface area contributed by atoms with Crippen molar-refractivity contribution in [1.82, 2.24) is 0 Å². The number of Topliss-reactive ketones (excluding diaryl/α,β-unsaturated/α-hetero) is 2. The van der Waals surface area contributed by atoms with Gasteiger partial charge in [-0.15, -0.1) is 0 Å². The van der Waals surface area contributed by atoms with Crippen LogP contribution in [-0.2, 0) is 0 Å². The second-order valence-corrected chi connectivity index (χ2v) is 5.19. The van der Waals surface area contributed by atoms with Gasteiger partial charge in [0.1, 0.15) is 0 Å². The molecular weight excluding hydrogens is 248 g/mol. The minimum atomic E-state index is -0.131. The Morgan fingerprint density at radius 2 is 1.30 bits per heavy atom. The molecule has 2 aromatic carbocycles. The van der Waals surface area contributed by atoms with Crippen molar-refractivity contribution >= 4 is 11.6 Å². The lowest BCUT2D eigenvalue weighted by Gasteiger charge is -2.05. The maximum absolute atomic E-state index is 12.1. The molecule has 0 aliphatic heterocycles. The number of rotatable bonds is 4. The van der Waals surface area contributed by atoms with Crippen LogP contribution in [0.4, 0.5) is 0 Å². The molecule has 0 amide bonds. The average Bonchev–Trinajstić information content (AvgIpc) is 2.42. The molecule has 2 rings (SSSR count). The van der Waals surface area contributed by atoms with E-state index >= 15 is 0 Å². The zero-order valence-corrected chi connectivity index (χ0v) is 12.1. The van der Waals surface area contributed by atoms with Crippen LogP contribution in [0, 0.1) is 20.8 Å². The van der Waals surface area contributed by atoms with Crippen molar-refractivity contribution in [2.75, 3.05) is 0 Å². The molecule has 0 heterocycles. The van der Waals surface area contributed by atoms with Gasteiger partial charge in [0.05, 0.1) is 6.42 Å². The summed E-state index contributed by atoms with van der Waals surface area (Å²) in [6, 6.07) is 12.9. The minimum Gasteiger partial charge on any atom is -0.294 e. The summed E-state index contributed by atoms with van der Waals surface area (Å²) in [5, 5.41) is 0. The van der Waals surface area contributed by atoms with Crippen molar-refractivity contribution in [2.45, 2.75) is 27.2 Å². The van der Waals surface area contributed by atoms with E-state index in [9.17, 15) is 9.59 Å². The number of carbonyl (C=O) groups is 2. The maximum atomic E-state index is 12.1. The molecule has 0 saturated heterocycles. The third-order valence-electron chi connectivity index (χ3n) is 3.52. The lowest BCUT2D eigenvalue weighted by molar-refractivity contribution is 0.0894. The quantitative estimate of drug-likeness (QED) is 0.617. The standard InChI is InChI=1S/C18H18O2/c1-12-4-7-15(8-5-12)17(19)11-18(20)16-9-6-13(2)14(3)10-16/h4-10H,11H2,1-3H3. The van der Waals surface area contributed by atoms with E-state index in [1.54, 1.807) is 18.2 Å². The van der Waals surface area contributed by atoms with Crippen molar-refractivity contribution in [2.24, 2.45) is 0 Å².